The van der Waals surface area contributed by atoms with E-state index in [-0.39, 0.29) is 35.2 Å². The lowest BCUT2D eigenvalue weighted by Gasteiger charge is -2.47. The molecule has 10 heteroatoms. The van der Waals surface area contributed by atoms with Crippen molar-refractivity contribution in [2.75, 3.05) is 20.2 Å². The SMILES string of the molecule is CC(C)CCCOc1cccc(C2=NC3(CCC(C(C)(C)C)CC3)N(C(CCC(C)(C)C)c3ccc(C(=O)NCC4=NNN(C)N4)cc3)C2=O)c1. The first-order chi connectivity index (χ1) is 24.0. The zero-order chi connectivity index (χ0) is 37.0. The molecule has 0 aromatic heterocycles. The number of rotatable bonds is 13. The zero-order valence-electron chi connectivity index (χ0n) is 32.4. The Morgan fingerprint density at radius 1 is 1.04 bits per heavy atom. The van der Waals surface area contributed by atoms with Gasteiger partial charge >= 0.3 is 0 Å². The van der Waals surface area contributed by atoms with Crippen LogP contribution in [0.25, 0.3) is 0 Å². The van der Waals surface area contributed by atoms with Gasteiger partial charge < -0.3 is 15.0 Å². The fraction of sp³-hybridized carbons (Fsp3) is 0.610. The van der Waals surface area contributed by atoms with Gasteiger partial charge in [-0.05, 0) is 104 Å². The number of hydrazone groups is 1. The molecule has 3 aliphatic rings. The molecule has 0 saturated heterocycles. The van der Waals surface area contributed by atoms with Crippen LogP contribution in [-0.4, -0.2) is 59.2 Å². The number of ether oxygens (including phenoxy) is 1. The van der Waals surface area contributed by atoms with Gasteiger partial charge in [0, 0.05) is 18.2 Å². The van der Waals surface area contributed by atoms with Crippen LogP contribution in [0.4, 0.5) is 0 Å². The predicted molar refractivity (Wildman–Crippen MR) is 205 cm³/mol. The van der Waals surface area contributed by atoms with Gasteiger partial charge in [0.15, 0.2) is 5.84 Å². The van der Waals surface area contributed by atoms with Gasteiger partial charge in [0.05, 0.1) is 19.2 Å². The van der Waals surface area contributed by atoms with E-state index in [2.05, 4.69) is 81.7 Å². The van der Waals surface area contributed by atoms with Crippen molar-refractivity contribution in [2.45, 2.75) is 118 Å². The minimum Gasteiger partial charge on any atom is -0.494 e. The topological polar surface area (TPSA) is 111 Å². The average Bonchev–Trinajstić information content (AvgIpc) is 3.61. The quantitative estimate of drug-likeness (QED) is 0.186. The molecule has 1 unspecified atom stereocenters. The summed E-state index contributed by atoms with van der Waals surface area (Å²) in [5, 5.41) is 8.69. The minimum atomic E-state index is -0.628. The fourth-order valence-corrected chi connectivity index (χ4v) is 7.54. The molecule has 51 heavy (non-hydrogen) atoms. The van der Waals surface area contributed by atoms with Gasteiger partial charge in [-0.2, -0.15) is 0 Å². The molecule has 1 saturated carbocycles. The lowest BCUT2D eigenvalue weighted by atomic mass is 9.69. The van der Waals surface area contributed by atoms with Crippen LogP contribution in [0, 0.1) is 22.7 Å². The minimum absolute atomic E-state index is 0.0229. The van der Waals surface area contributed by atoms with Gasteiger partial charge in [-0.1, -0.05) is 79.7 Å². The molecular formula is C41H61N7O3. The number of carbonyl (C=O) groups is 2. The largest absolute Gasteiger partial charge is 0.494 e. The van der Waals surface area contributed by atoms with Crippen molar-refractivity contribution in [3.05, 3.63) is 65.2 Å². The average molecular weight is 700 g/mol. The van der Waals surface area contributed by atoms with E-state index < -0.39 is 5.66 Å². The standard InChI is InChI=1S/C41H61N7O3/c1-28(2)12-11-25-51-33-14-10-13-31(26-33)36-38(50)48(41(43-36)23-19-32(20-24-41)40(6,7)8)34(21-22-39(3,4)5)29-15-17-30(18-16-29)37(49)42-27-35-44-46-47(9)45-35/h10,13-18,26,28,32,34,46H,11-12,19-25,27H2,1-9H3,(H,42,49)(H,44,45). The molecule has 2 heterocycles. The highest BCUT2D eigenvalue weighted by molar-refractivity contribution is 6.46. The molecule has 278 valence electrons. The number of benzene rings is 2. The first-order valence-corrected chi connectivity index (χ1v) is 18.9. The number of amidine groups is 1. The van der Waals surface area contributed by atoms with Crippen LogP contribution in [0.1, 0.15) is 134 Å². The van der Waals surface area contributed by atoms with Crippen LogP contribution in [0.15, 0.2) is 58.6 Å². The summed E-state index contributed by atoms with van der Waals surface area (Å²) in [5.41, 5.74) is 8.35. The lowest BCUT2D eigenvalue weighted by molar-refractivity contribution is -0.134. The Morgan fingerprint density at radius 3 is 2.35 bits per heavy atom. The normalized spacial score (nSPS) is 21.7. The second kappa shape index (κ2) is 15.8. The molecule has 0 radical (unpaired) electrons. The Bertz CT molecular complexity index is 1580. The molecule has 10 nitrogen and oxygen atoms in total. The van der Waals surface area contributed by atoms with Gasteiger partial charge in [-0.3, -0.25) is 20.0 Å². The van der Waals surface area contributed by atoms with Gasteiger partial charge in [-0.25, -0.2) is 5.53 Å². The summed E-state index contributed by atoms with van der Waals surface area (Å²) in [5.74, 6) is 2.39. The maximum Gasteiger partial charge on any atom is 0.275 e. The Balaban J connectivity index is 1.45. The highest BCUT2D eigenvalue weighted by atomic mass is 16.5. The van der Waals surface area contributed by atoms with E-state index in [1.165, 1.54) is 0 Å². The Hall–Kier alpha value is -3.92. The van der Waals surface area contributed by atoms with Crippen LogP contribution < -0.4 is 21.0 Å². The molecule has 1 spiro atoms. The summed E-state index contributed by atoms with van der Waals surface area (Å²) in [7, 11) is 1.80. The number of amides is 2. The molecular weight excluding hydrogens is 638 g/mol. The third-order valence-electron chi connectivity index (χ3n) is 10.6. The predicted octanol–water partition coefficient (Wildman–Crippen LogP) is 7.63. The van der Waals surface area contributed by atoms with Crippen molar-refractivity contribution in [3.63, 3.8) is 0 Å². The monoisotopic (exact) mass is 699 g/mol. The van der Waals surface area contributed by atoms with E-state index >= 15 is 0 Å². The number of hydrazine groups is 2. The third kappa shape index (κ3) is 9.70. The third-order valence-corrected chi connectivity index (χ3v) is 10.6. The van der Waals surface area contributed by atoms with Gasteiger partial charge in [0.2, 0.25) is 0 Å². The molecule has 3 N–H and O–H groups in total. The smallest absolute Gasteiger partial charge is 0.275 e. The molecule has 5 rings (SSSR count). The molecule has 2 aromatic carbocycles. The van der Waals surface area contributed by atoms with Crippen LogP contribution >= 0.6 is 0 Å². The molecule has 2 aromatic rings. The Labute approximate surface area is 305 Å². The zero-order valence-corrected chi connectivity index (χ0v) is 32.4. The summed E-state index contributed by atoms with van der Waals surface area (Å²) in [6.45, 7) is 19.1. The van der Waals surface area contributed by atoms with E-state index in [1.54, 1.807) is 12.2 Å². The second-order valence-electron chi connectivity index (χ2n) is 17.4. The Kier molecular flexibility index (Phi) is 11.8. The number of carbonyl (C=O) groups excluding carboxylic acids is 2. The highest BCUT2D eigenvalue weighted by Gasteiger charge is 2.52. The number of hydrogen-bond donors (Lipinski definition) is 3. The maximum atomic E-state index is 14.9. The molecule has 1 fully saturated rings. The number of aliphatic imine (C=N–C) groups is 1. The molecule has 1 atom stereocenters. The summed E-state index contributed by atoms with van der Waals surface area (Å²) in [6.07, 6.45) is 7.50. The molecule has 0 bridgehead atoms. The van der Waals surface area contributed by atoms with Crippen LogP contribution in [0.3, 0.4) is 0 Å². The Morgan fingerprint density at radius 2 is 1.75 bits per heavy atom. The van der Waals surface area contributed by atoms with Crippen LogP contribution in [-0.2, 0) is 4.79 Å². The van der Waals surface area contributed by atoms with Gasteiger partial charge in [-0.15, -0.1) is 10.2 Å². The number of nitrogens with one attached hydrogen (secondary N) is 3. The van der Waals surface area contributed by atoms with Gasteiger partial charge in [0.25, 0.3) is 11.8 Å². The first kappa shape index (κ1) is 38.3. The number of hydrogen-bond acceptors (Lipinski definition) is 8. The van der Waals surface area contributed by atoms with Crippen LogP contribution in [0.2, 0.25) is 0 Å². The summed E-state index contributed by atoms with van der Waals surface area (Å²) in [6, 6.07) is 15.5. The summed E-state index contributed by atoms with van der Waals surface area (Å²) < 4.78 is 6.15. The van der Waals surface area contributed by atoms with E-state index in [0.717, 1.165) is 68.2 Å². The van der Waals surface area contributed by atoms with E-state index in [0.29, 0.717) is 35.6 Å². The maximum absolute atomic E-state index is 14.9. The molecule has 1 aliphatic carbocycles. The lowest BCUT2D eigenvalue weighted by Crippen LogP contribution is -2.51. The summed E-state index contributed by atoms with van der Waals surface area (Å²) >= 11 is 0. The van der Waals surface area contributed by atoms with Crippen molar-refractivity contribution < 1.29 is 14.3 Å². The molecule has 2 amide bonds. The fourth-order valence-electron chi connectivity index (χ4n) is 7.54. The van der Waals surface area contributed by atoms with Crippen molar-refractivity contribution >= 4 is 23.4 Å². The van der Waals surface area contributed by atoms with Crippen molar-refractivity contribution in [1.29, 1.82) is 0 Å². The van der Waals surface area contributed by atoms with E-state index in [9.17, 15) is 9.59 Å². The second-order valence-corrected chi connectivity index (χ2v) is 17.4. The summed E-state index contributed by atoms with van der Waals surface area (Å²) in [4.78, 5) is 35.6. The first-order valence-electron chi connectivity index (χ1n) is 18.9. The van der Waals surface area contributed by atoms with Crippen molar-refractivity contribution in [2.24, 2.45) is 32.8 Å². The number of nitrogens with zero attached hydrogens (tertiary/aromatic N) is 4. The van der Waals surface area contributed by atoms with E-state index in [4.69, 9.17) is 9.73 Å². The molecule has 2 aliphatic heterocycles. The van der Waals surface area contributed by atoms with E-state index in [1.807, 2.05) is 48.5 Å². The van der Waals surface area contributed by atoms with Crippen molar-refractivity contribution in [3.8, 4) is 5.75 Å². The van der Waals surface area contributed by atoms with Gasteiger partial charge in [0.1, 0.15) is 17.1 Å². The van der Waals surface area contributed by atoms with Crippen molar-refractivity contribution in [1.82, 2.24) is 26.3 Å². The van der Waals surface area contributed by atoms with Crippen LogP contribution in [0.5, 0.6) is 5.75 Å². The highest BCUT2D eigenvalue weighted by Crippen LogP contribution is 2.50.